The van der Waals surface area contributed by atoms with Crippen molar-refractivity contribution in [3.63, 3.8) is 0 Å². The third-order valence-corrected chi connectivity index (χ3v) is 7.07. The predicted octanol–water partition coefficient (Wildman–Crippen LogP) is 4.18. The Balaban J connectivity index is 1.49. The van der Waals surface area contributed by atoms with Crippen molar-refractivity contribution in [2.45, 2.75) is 77.7 Å². The molecule has 1 atom stereocenters. The van der Waals surface area contributed by atoms with Crippen LogP contribution >= 0.6 is 0 Å². The van der Waals surface area contributed by atoms with Crippen molar-refractivity contribution >= 4 is 11.9 Å². The third-order valence-electron chi connectivity index (χ3n) is 7.07. The van der Waals surface area contributed by atoms with E-state index in [0.717, 1.165) is 57.9 Å². The van der Waals surface area contributed by atoms with Crippen molar-refractivity contribution in [2.75, 3.05) is 33.2 Å². The highest BCUT2D eigenvalue weighted by molar-refractivity contribution is 5.95. The lowest BCUT2D eigenvalue weighted by Crippen LogP contribution is -2.52. The SMILES string of the molecule is CCCCC(C)(CCCC)NC(=N)N(CO)CCC1CCN(C(=O)c2ccc3c(c2)OCO3)C1. The minimum Gasteiger partial charge on any atom is -0.454 e. The number of ether oxygens (including phenoxy) is 2. The Morgan fingerprint density at radius 2 is 1.94 bits per heavy atom. The highest BCUT2D eigenvalue weighted by atomic mass is 16.7. The summed E-state index contributed by atoms with van der Waals surface area (Å²) in [5.41, 5.74) is 0.490. The number of guanidine groups is 1. The van der Waals surface area contributed by atoms with Gasteiger partial charge in [-0.1, -0.05) is 39.5 Å². The maximum atomic E-state index is 13.0. The van der Waals surface area contributed by atoms with E-state index in [1.54, 1.807) is 23.1 Å². The number of aliphatic hydroxyl groups is 1. The van der Waals surface area contributed by atoms with E-state index in [-0.39, 0.29) is 25.0 Å². The number of amides is 1. The molecule has 1 unspecified atom stereocenters. The number of hydrogen-bond donors (Lipinski definition) is 3. The second kappa shape index (κ2) is 12.3. The van der Waals surface area contributed by atoms with E-state index < -0.39 is 0 Å². The lowest BCUT2D eigenvalue weighted by molar-refractivity contribution is 0.0784. The van der Waals surface area contributed by atoms with Gasteiger partial charge in [0.1, 0.15) is 6.73 Å². The summed E-state index contributed by atoms with van der Waals surface area (Å²) in [7, 11) is 0. The number of nitrogens with zero attached hydrogens (tertiary/aromatic N) is 2. The molecular weight excluding hydrogens is 432 g/mol. The summed E-state index contributed by atoms with van der Waals surface area (Å²) in [5.74, 6) is 1.96. The van der Waals surface area contributed by atoms with Crippen LogP contribution in [-0.4, -0.2) is 65.5 Å². The molecule has 1 amide bonds. The van der Waals surface area contributed by atoms with Gasteiger partial charge in [0.15, 0.2) is 17.5 Å². The zero-order valence-corrected chi connectivity index (χ0v) is 21.1. The summed E-state index contributed by atoms with van der Waals surface area (Å²) < 4.78 is 10.7. The Morgan fingerprint density at radius 1 is 1.24 bits per heavy atom. The zero-order chi connectivity index (χ0) is 24.6. The van der Waals surface area contributed by atoms with Crippen LogP contribution in [0.1, 0.15) is 82.5 Å². The van der Waals surface area contributed by atoms with E-state index >= 15 is 0 Å². The molecule has 0 bridgehead atoms. The molecule has 3 N–H and O–H groups in total. The average molecular weight is 475 g/mol. The number of likely N-dealkylation sites (tertiary alicyclic amines) is 1. The van der Waals surface area contributed by atoms with Gasteiger partial charge in [-0.05, 0) is 56.7 Å². The topological polar surface area (TPSA) is 98.1 Å². The Labute approximate surface area is 204 Å². The number of aliphatic hydroxyl groups excluding tert-OH is 1. The minimum atomic E-state index is -0.184. The summed E-state index contributed by atoms with van der Waals surface area (Å²) in [6, 6.07) is 5.33. The zero-order valence-electron chi connectivity index (χ0n) is 21.1. The van der Waals surface area contributed by atoms with Gasteiger partial charge in [0.25, 0.3) is 5.91 Å². The molecule has 190 valence electrons. The Bertz CT molecular complexity index is 823. The van der Waals surface area contributed by atoms with Crippen LogP contribution < -0.4 is 14.8 Å². The number of hydrogen-bond acceptors (Lipinski definition) is 5. The molecular formula is C26H42N4O4. The summed E-state index contributed by atoms with van der Waals surface area (Å²) in [6.45, 7) is 8.59. The van der Waals surface area contributed by atoms with Crippen LogP contribution in [0.5, 0.6) is 11.5 Å². The van der Waals surface area contributed by atoms with Crippen molar-refractivity contribution in [1.82, 2.24) is 15.1 Å². The normalized spacial score (nSPS) is 17.2. The molecule has 2 heterocycles. The summed E-state index contributed by atoms with van der Waals surface area (Å²) in [5, 5.41) is 22.0. The molecule has 3 rings (SSSR count). The smallest absolute Gasteiger partial charge is 0.254 e. The molecule has 2 aliphatic heterocycles. The minimum absolute atomic E-state index is 0.0110. The first-order chi connectivity index (χ1) is 16.4. The van der Waals surface area contributed by atoms with Crippen LogP contribution in [0.3, 0.4) is 0 Å². The monoisotopic (exact) mass is 474 g/mol. The second-order valence-corrected chi connectivity index (χ2v) is 9.91. The number of carbonyl (C=O) groups excluding carboxylic acids is 1. The molecule has 0 saturated carbocycles. The summed E-state index contributed by atoms with van der Waals surface area (Å²) in [6.07, 6.45) is 8.30. The van der Waals surface area contributed by atoms with Gasteiger partial charge in [0, 0.05) is 30.7 Å². The first kappa shape index (κ1) is 26.1. The summed E-state index contributed by atoms with van der Waals surface area (Å²) in [4.78, 5) is 16.6. The third kappa shape index (κ3) is 6.78. The molecule has 0 aliphatic carbocycles. The molecule has 0 aromatic heterocycles. The molecule has 0 radical (unpaired) electrons. The maximum absolute atomic E-state index is 13.0. The van der Waals surface area contributed by atoms with Crippen LogP contribution in [0.25, 0.3) is 0 Å². The fourth-order valence-corrected chi connectivity index (χ4v) is 4.81. The summed E-state index contributed by atoms with van der Waals surface area (Å²) >= 11 is 0. The quantitative estimate of drug-likeness (QED) is 0.239. The van der Waals surface area contributed by atoms with E-state index in [2.05, 4.69) is 26.1 Å². The molecule has 8 nitrogen and oxygen atoms in total. The molecule has 1 fully saturated rings. The number of rotatable bonds is 12. The standard InChI is InChI=1S/C26H42N4O4/c1-4-6-12-26(3,13-7-5-2)28-25(27)30(18-31)15-11-20-10-14-29(17-20)24(32)21-8-9-22-23(16-21)34-19-33-22/h8-9,16,20,31H,4-7,10-15,17-19H2,1-3H3,(H2,27,28). The molecule has 8 heteroatoms. The number of fused-ring (bicyclic) bond motifs is 1. The lowest BCUT2D eigenvalue weighted by atomic mass is 9.89. The van der Waals surface area contributed by atoms with Crippen molar-refractivity contribution in [1.29, 1.82) is 5.41 Å². The maximum Gasteiger partial charge on any atom is 0.254 e. The van der Waals surface area contributed by atoms with Crippen LogP contribution in [0.2, 0.25) is 0 Å². The molecule has 34 heavy (non-hydrogen) atoms. The number of carbonyl (C=O) groups is 1. The van der Waals surface area contributed by atoms with E-state index in [9.17, 15) is 9.90 Å². The first-order valence-electron chi connectivity index (χ1n) is 12.8. The van der Waals surface area contributed by atoms with E-state index in [4.69, 9.17) is 14.9 Å². The van der Waals surface area contributed by atoms with Gasteiger partial charge in [0.05, 0.1) is 0 Å². The fourth-order valence-electron chi connectivity index (χ4n) is 4.81. The molecule has 1 aromatic rings. The molecule has 0 spiro atoms. The van der Waals surface area contributed by atoms with E-state index in [1.807, 2.05) is 4.90 Å². The highest BCUT2D eigenvalue weighted by Gasteiger charge is 2.29. The predicted molar refractivity (Wildman–Crippen MR) is 133 cm³/mol. The Hall–Kier alpha value is -2.48. The van der Waals surface area contributed by atoms with Gasteiger partial charge in [-0.25, -0.2) is 0 Å². The van der Waals surface area contributed by atoms with Gasteiger partial charge >= 0.3 is 0 Å². The van der Waals surface area contributed by atoms with Gasteiger partial charge in [0.2, 0.25) is 6.79 Å². The van der Waals surface area contributed by atoms with Crippen LogP contribution in [0, 0.1) is 11.3 Å². The van der Waals surface area contributed by atoms with Gasteiger partial charge < -0.3 is 29.7 Å². The highest BCUT2D eigenvalue weighted by Crippen LogP contribution is 2.33. The van der Waals surface area contributed by atoms with Crippen molar-refractivity contribution < 1.29 is 19.4 Å². The molecule has 2 aliphatic rings. The number of benzene rings is 1. The Kier molecular flexibility index (Phi) is 9.45. The van der Waals surface area contributed by atoms with E-state index in [1.165, 1.54) is 0 Å². The van der Waals surface area contributed by atoms with Crippen molar-refractivity contribution in [2.24, 2.45) is 5.92 Å². The largest absolute Gasteiger partial charge is 0.454 e. The number of nitrogens with one attached hydrogen (secondary N) is 2. The number of unbranched alkanes of at least 4 members (excludes halogenated alkanes) is 2. The van der Waals surface area contributed by atoms with Crippen LogP contribution in [0.15, 0.2) is 18.2 Å². The van der Waals surface area contributed by atoms with Crippen LogP contribution in [-0.2, 0) is 0 Å². The molecule has 1 saturated heterocycles. The van der Waals surface area contributed by atoms with Gasteiger partial charge in [-0.2, -0.15) is 0 Å². The first-order valence-corrected chi connectivity index (χ1v) is 12.8. The Morgan fingerprint density at radius 3 is 2.62 bits per heavy atom. The fraction of sp³-hybridized carbons (Fsp3) is 0.692. The van der Waals surface area contributed by atoms with Gasteiger partial charge in [-0.3, -0.25) is 10.2 Å². The average Bonchev–Trinajstić information content (AvgIpc) is 3.50. The molecule has 1 aromatic carbocycles. The van der Waals surface area contributed by atoms with Crippen molar-refractivity contribution in [3.8, 4) is 11.5 Å². The van der Waals surface area contributed by atoms with Crippen LogP contribution in [0.4, 0.5) is 0 Å². The van der Waals surface area contributed by atoms with Crippen molar-refractivity contribution in [3.05, 3.63) is 23.8 Å². The lowest BCUT2D eigenvalue weighted by Gasteiger charge is -2.35. The van der Waals surface area contributed by atoms with E-state index in [0.29, 0.717) is 42.0 Å². The second-order valence-electron chi connectivity index (χ2n) is 9.91. The van der Waals surface area contributed by atoms with Gasteiger partial charge in [-0.15, -0.1) is 0 Å².